The molecule has 2 heterocycles. The summed E-state index contributed by atoms with van der Waals surface area (Å²) in [7, 11) is 3.19. The van der Waals surface area contributed by atoms with Crippen LogP contribution in [0.15, 0.2) is 80.5 Å². The van der Waals surface area contributed by atoms with E-state index in [-0.39, 0.29) is 11.6 Å². The molecule has 0 fully saturated rings. The molecule has 0 spiro atoms. The standard InChI is InChI=1S/C29H22BrClN2O3S/c1-35-23-14-16(13-22(30)27(23)36-2)15-24-28(34)33-26(18-7-10-19(31)11-8-18)21-12-9-17-5-3-4-6-20(17)25(21)32-29(33)37-24/h3-8,10-11,13-15,26H,9,12H2,1-2H3. The summed E-state index contributed by atoms with van der Waals surface area (Å²) in [5.74, 6) is 1.19. The van der Waals surface area contributed by atoms with E-state index < -0.39 is 0 Å². The van der Waals surface area contributed by atoms with Crippen molar-refractivity contribution in [2.45, 2.75) is 18.9 Å². The van der Waals surface area contributed by atoms with Gasteiger partial charge in [-0.05, 0) is 81.4 Å². The fourth-order valence-electron chi connectivity index (χ4n) is 5.14. The Bertz CT molecular complexity index is 1760. The Kier molecular flexibility index (Phi) is 6.31. The second kappa shape index (κ2) is 9.63. The van der Waals surface area contributed by atoms with Gasteiger partial charge in [-0.25, -0.2) is 4.99 Å². The molecule has 1 aliphatic heterocycles. The zero-order valence-electron chi connectivity index (χ0n) is 20.1. The van der Waals surface area contributed by atoms with Gasteiger partial charge in [0.2, 0.25) is 0 Å². The number of fused-ring (bicyclic) bond motifs is 3. The maximum atomic E-state index is 13.9. The number of allylic oxidation sites excluding steroid dienone is 1. The summed E-state index contributed by atoms with van der Waals surface area (Å²) in [5, 5.41) is 0.665. The number of hydrogen-bond acceptors (Lipinski definition) is 5. The van der Waals surface area contributed by atoms with Crippen LogP contribution in [-0.4, -0.2) is 18.8 Å². The van der Waals surface area contributed by atoms with Gasteiger partial charge in [-0.2, -0.15) is 0 Å². The lowest BCUT2D eigenvalue weighted by Gasteiger charge is -2.30. The first-order valence-electron chi connectivity index (χ1n) is 11.8. The number of benzene rings is 3. The fourth-order valence-corrected chi connectivity index (χ4v) is 6.89. The maximum absolute atomic E-state index is 13.9. The number of aryl methyl sites for hydroxylation is 1. The number of rotatable bonds is 4. The van der Waals surface area contributed by atoms with Crippen molar-refractivity contribution < 1.29 is 9.47 Å². The van der Waals surface area contributed by atoms with E-state index in [1.54, 1.807) is 14.2 Å². The van der Waals surface area contributed by atoms with Crippen LogP contribution in [0.1, 0.15) is 34.7 Å². The number of aromatic nitrogens is 1. The lowest BCUT2D eigenvalue weighted by Crippen LogP contribution is -2.38. The number of thiazole rings is 1. The van der Waals surface area contributed by atoms with Crippen LogP contribution in [0, 0.1) is 0 Å². The van der Waals surface area contributed by atoms with E-state index in [9.17, 15) is 4.79 Å². The molecule has 3 aromatic carbocycles. The Morgan fingerprint density at radius 3 is 2.62 bits per heavy atom. The summed E-state index contributed by atoms with van der Waals surface area (Å²) in [6.07, 6.45) is 3.64. The normalized spacial score (nSPS) is 16.5. The minimum absolute atomic E-state index is 0.0694. The number of hydrogen-bond donors (Lipinski definition) is 0. The molecular weight excluding hydrogens is 572 g/mol. The largest absolute Gasteiger partial charge is 0.493 e. The van der Waals surface area contributed by atoms with Gasteiger partial charge in [0, 0.05) is 10.6 Å². The van der Waals surface area contributed by atoms with Crippen LogP contribution in [-0.2, 0) is 6.42 Å². The fraction of sp³-hybridized carbons (Fsp3) is 0.172. The maximum Gasteiger partial charge on any atom is 0.271 e. The van der Waals surface area contributed by atoms with Crippen molar-refractivity contribution in [3.63, 3.8) is 0 Å². The summed E-state index contributed by atoms with van der Waals surface area (Å²) < 4.78 is 14.1. The molecule has 1 unspecified atom stereocenters. The molecule has 1 atom stereocenters. The summed E-state index contributed by atoms with van der Waals surface area (Å²) in [4.78, 5) is 19.7. The van der Waals surface area contributed by atoms with Crippen LogP contribution in [0.4, 0.5) is 0 Å². The highest BCUT2D eigenvalue weighted by Gasteiger charge is 2.32. The molecule has 4 aromatic rings. The molecule has 0 saturated carbocycles. The van der Waals surface area contributed by atoms with Crippen LogP contribution >= 0.6 is 38.9 Å². The summed E-state index contributed by atoms with van der Waals surface area (Å²) in [6, 6.07) is 19.7. The molecule has 2 aliphatic rings. The van der Waals surface area contributed by atoms with Crippen LogP contribution in [0.3, 0.4) is 0 Å². The van der Waals surface area contributed by atoms with Crippen molar-refractivity contribution in [2.75, 3.05) is 14.2 Å². The minimum atomic E-state index is -0.240. The smallest absolute Gasteiger partial charge is 0.271 e. The quantitative estimate of drug-likeness (QED) is 0.303. The van der Waals surface area contributed by atoms with Gasteiger partial charge in [-0.15, -0.1) is 0 Å². The van der Waals surface area contributed by atoms with Crippen molar-refractivity contribution in [1.82, 2.24) is 4.57 Å². The van der Waals surface area contributed by atoms with E-state index in [1.165, 1.54) is 16.9 Å². The predicted octanol–water partition coefficient (Wildman–Crippen LogP) is 5.75. The zero-order chi connectivity index (χ0) is 25.7. The average Bonchev–Trinajstić information content (AvgIpc) is 3.21. The summed E-state index contributed by atoms with van der Waals surface area (Å²) in [6.45, 7) is 0. The number of ether oxygens (including phenoxy) is 2. The first-order chi connectivity index (χ1) is 18.0. The second-order valence-corrected chi connectivity index (χ2v) is 11.2. The molecule has 186 valence electrons. The lowest BCUT2D eigenvalue weighted by molar-refractivity contribution is 0.353. The van der Waals surface area contributed by atoms with Gasteiger partial charge in [0.05, 0.1) is 35.0 Å². The Balaban J connectivity index is 1.59. The molecule has 1 aliphatic carbocycles. The van der Waals surface area contributed by atoms with Crippen LogP contribution in [0.5, 0.6) is 11.5 Å². The van der Waals surface area contributed by atoms with E-state index in [2.05, 4.69) is 34.1 Å². The lowest BCUT2D eigenvalue weighted by atomic mass is 9.83. The van der Waals surface area contributed by atoms with Crippen molar-refractivity contribution in [3.05, 3.63) is 118 Å². The molecule has 0 saturated heterocycles. The van der Waals surface area contributed by atoms with Crippen molar-refractivity contribution in [1.29, 1.82) is 0 Å². The third-order valence-corrected chi connectivity index (χ3v) is 8.64. The number of methoxy groups -OCH3 is 2. The van der Waals surface area contributed by atoms with Gasteiger partial charge in [0.25, 0.3) is 5.56 Å². The number of nitrogens with zero attached hydrogens (tertiary/aromatic N) is 2. The molecule has 5 nitrogen and oxygen atoms in total. The zero-order valence-corrected chi connectivity index (χ0v) is 23.3. The molecule has 0 bridgehead atoms. The molecule has 37 heavy (non-hydrogen) atoms. The second-order valence-electron chi connectivity index (χ2n) is 8.90. The van der Waals surface area contributed by atoms with Gasteiger partial charge in [0.15, 0.2) is 16.3 Å². The molecule has 0 N–H and O–H groups in total. The van der Waals surface area contributed by atoms with Crippen LogP contribution in [0.25, 0.3) is 11.8 Å². The summed E-state index contributed by atoms with van der Waals surface area (Å²) in [5.41, 5.74) is 6.34. The highest BCUT2D eigenvalue weighted by atomic mass is 79.9. The van der Waals surface area contributed by atoms with E-state index in [1.807, 2.05) is 53.1 Å². The van der Waals surface area contributed by atoms with Gasteiger partial charge >= 0.3 is 0 Å². The Morgan fingerprint density at radius 2 is 1.86 bits per heavy atom. The average molecular weight is 594 g/mol. The molecule has 8 heteroatoms. The highest BCUT2D eigenvalue weighted by molar-refractivity contribution is 9.10. The molecule has 1 aromatic heterocycles. The third kappa shape index (κ3) is 4.15. The molecule has 0 amide bonds. The highest BCUT2D eigenvalue weighted by Crippen LogP contribution is 2.41. The predicted molar refractivity (Wildman–Crippen MR) is 151 cm³/mol. The third-order valence-electron chi connectivity index (χ3n) is 6.81. The summed E-state index contributed by atoms with van der Waals surface area (Å²) >= 11 is 11.2. The Morgan fingerprint density at radius 1 is 1.08 bits per heavy atom. The minimum Gasteiger partial charge on any atom is -0.493 e. The monoisotopic (exact) mass is 592 g/mol. The first-order valence-corrected chi connectivity index (χ1v) is 13.8. The van der Waals surface area contributed by atoms with Crippen LogP contribution in [0.2, 0.25) is 5.02 Å². The number of halogens is 2. The van der Waals surface area contributed by atoms with E-state index >= 15 is 0 Å². The van der Waals surface area contributed by atoms with E-state index in [0.29, 0.717) is 25.9 Å². The Labute approximate surface area is 231 Å². The van der Waals surface area contributed by atoms with Crippen molar-refractivity contribution in [3.8, 4) is 11.5 Å². The van der Waals surface area contributed by atoms with E-state index in [0.717, 1.165) is 45.3 Å². The van der Waals surface area contributed by atoms with Gasteiger partial charge < -0.3 is 9.47 Å². The molecule has 6 rings (SSSR count). The molecule has 0 radical (unpaired) electrons. The first kappa shape index (κ1) is 24.2. The van der Waals surface area contributed by atoms with E-state index in [4.69, 9.17) is 26.1 Å². The van der Waals surface area contributed by atoms with Gasteiger partial charge in [-0.1, -0.05) is 59.3 Å². The Hall–Kier alpha value is -3.13. The van der Waals surface area contributed by atoms with Crippen molar-refractivity contribution >= 4 is 50.6 Å². The van der Waals surface area contributed by atoms with Crippen LogP contribution < -0.4 is 24.4 Å². The topological polar surface area (TPSA) is 52.8 Å². The SMILES string of the molecule is COc1cc(C=c2sc3n(c2=O)C(c2ccc(Cl)cc2)C2=C(N=3)c3ccccc3CC2)cc(Br)c1OC. The van der Waals surface area contributed by atoms with Gasteiger partial charge in [0.1, 0.15) is 0 Å². The molecular formula is C29H22BrClN2O3S. The van der Waals surface area contributed by atoms with Crippen molar-refractivity contribution in [2.24, 2.45) is 4.99 Å². The van der Waals surface area contributed by atoms with Gasteiger partial charge in [-0.3, -0.25) is 9.36 Å².